The molecule has 1 rings (SSSR count). The van der Waals surface area contributed by atoms with Crippen LogP contribution in [0.2, 0.25) is 0 Å². The summed E-state index contributed by atoms with van der Waals surface area (Å²) in [6.45, 7) is 10.5. The van der Waals surface area contributed by atoms with Gasteiger partial charge in [-0.25, -0.2) is 0 Å². The zero-order chi connectivity index (χ0) is 22.8. The van der Waals surface area contributed by atoms with E-state index in [2.05, 4.69) is 20.8 Å². The Kier molecular flexibility index (Phi) is 12.4. The van der Waals surface area contributed by atoms with Crippen LogP contribution in [-0.4, -0.2) is 56.5 Å². The van der Waals surface area contributed by atoms with Crippen LogP contribution in [0.15, 0.2) is 0 Å². The van der Waals surface area contributed by atoms with Crippen LogP contribution in [-0.2, 0) is 4.74 Å². The minimum Gasteiger partial charge on any atom is -0.396 e. The summed E-state index contributed by atoms with van der Waals surface area (Å²) in [6, 6.07) is 0. The van der Waals surface area contributed by atoms with Crippen molar-refractivity contribution in [3.8, 4) is 0 Å². The number of aliphatic hydroxyl groups excluding tert-OH is 2. The molecule has 1 fully saturated rings. The normalized spacial score (nSPS) is 25.9. The van der Waals surface area contributed by atoms with Gasteiger partial charge < -0.3 is 25.2 Å². The van der Waals surface area contributed by atoms with Crippen molar-refractivity contribution in [1.29, 1.82) is 0 Å². The van der Waals surface area contributed by atoms with Crippen molar-refractivity contribution in [2.45, 2.75) is 141 Å². The van der Waals surface area contributed by atoms with Crippen molar-refractivity contribution in [3.05, 3.63) is 0 Å². The topological polar surface area (TPSA) is 93.5 Å². The molecule has 1 saturated heterocycles. The molecule has 1 aliphatic rings. The first-order chi connectivity index (χ1) is 14.0. The lowest BCUT2D eigenvalue weighted by Gasteiger charge is -2.26. The molecule has 180 valence electrons. The number of aliphatic hydroxyl groups is 4. The molecule has 0 aromatic heterocycles. The van der Waals surface area contributed by atoms with Gasteiger partial charge in [-0.2, -0.15) is 0 Å². The zero-order valence-electron chi connectivity index (χ0n) is 20.3. The summed E-state index contributed by atoms with van der Waals surface area (Å²) in [6.07, 6.45) is 10.5. The average Bonchev–Trinajstić information content (AvgIpc) is 3.37. The van der Waals surface area contributed by atoms with E-state index in [1.165, 1.54) is 6.42 Å². The second-order valence-electron chi connectivity index (χ2n) is 10.8. The van der Waals surface area contributed by atoms with Crippen molar-refractivity contribution in [2.75, 3.05) is 6.61 Å². The molecule has 0 saturated carbocycles. The van der Waals surface area contributed by atoms with Crippen molar-refractivity contribution in [2.24, 2.45) is 11.8 Å². The Morgan fingerprint density at radius 3 is 1.90 bits per heavy atom. The predicted molar refractivity (Wildman–Crippen MR) is 122 cm³/mol. The molecule has 0 bridgehead atoms. The third kappa shape index (κ3) is 12.6. The van der Waals surface area contributed by atoms with E-state index in [0.717, 1.165) is 51.4 Å². The molecular weight excluding hydrogens is 380 g/mol. The zero-order valence-corrected chi connectivity index (χ0v) is 20.3. The van der Waals surface area contributed by atoms with Crippen molar-refractivity contribution in [1.82, 2.24) is 0 Å². The molecule has 0 aromatic carbocycles. The first-order valence-electron chi connectivity index (χ1n) is 12.4. The number of rotatable bonds is 18. The van der Waals surface area contributed by atoms with Gasteiger partial charge in [0.1, 0.15) is 0 Å². The fourth-order valence-corrected chi connectivity index (χ4v) is 4.73. The summed E-state index contributed by atoms with van der Waals surface area (Å²) < 4.78 is 5.58. The maximum absolute atomic E-state index is 10.6. The lowest BCUT2D eigenvalue weighted by molar-refractivity contribution is 0.0180. The van der Waals surface area contributed by atoms with Gasteiger partial charge in [0.25, 0.3) is 0 Å². The molecule has 0 amide bonds. The largest absolute Gasteiger partial charge is 0.396 e. The van der Waals surface area contributed by atoms with Crippen LogP contribution >= 0.6 is 0 Å². The summed E-state index contributed by atoms with van der Waals surface area (Å²) in [5.41, 5.74) is -1.36. The Morgan fingerprint density at radius 2 is 1.40 bits per heavy atom. The Balaban J connectivity index is 2.13. The lowest BCUT2D eigenvalue weighted by atomic mass is 9.85. The highest BCUT2D eigenvalue weighted by Crippen LogP contribution is 2.34. The van der Waals surface area contributed by atoms with E-state index in [9.17, 15) is 15.3 Å². The summed E-state index contributed by atoms with van der Waals surface area (Å²) in [4.78, 5) is 0. The molecule has 0 radical (unpaired) electrons. The molecule has 7 unspecified atom stereocenters. The molecular formula is C25H50O5. The minimum absolute atomic E-state index is 0.00912. The second kappa shape index (κ2) is 13.4. The third-order valence-corrected chi connectivity index (χ3v) is 6.84. The van der Waals surface area contributed by atoms with Crippen LogP contribution < -0.4 is 0 Å². The van der Waals surface area contributed by atoms with Crippen molar-refractivity contribution in [3.63, 3.8) is 0 Å². The molecule has 7 atom stereocenters. The highest BCUT2D eigenvalue weighted by Gasteiger charge is 2.41. The van der Waals surface area contributed by atoms with E-state index < -0.39 is 17.3 Å². The molecule has 0 aromatic rings. The first kappa shape index (κ1) is 27.8. The van der Waals surface area contributed by atoms with Crippen LogP contribution in [0.3, 0.4) is 0 Å². The van der Waals surface area contributed by atoms with E-state index in [1.807, 2.05) is 13.8 Å². The fraction of sp³-hybridized carbons (Fsp3) is 1.00. The van der Waals surface area contributed by atoms with Crippen LogP contribution in [0, 0.1) is 11.8 Å². The van der Waals surface area contributed by atoms with Gasteiger partial charge in [0.2, 0.25) is 0 Å². The quantitative estimate of drug-likeness (QED) is 0.239. The summed E-state index contributed by atoms with van der Waals surface area (Å²) in [5.74, 6) is 1.27. The van der Waals surface area contributed by atoms with E-state index >= 15 is 0 Å². The molecule has 5 nitrogen and oxygen atoms in total. The standard InChI is InChI=1S/C25H50O5/c1-6-22-23(30-22)18-25(5,29)14-8-10-20(3)17-19(2)9-7-13-24(4,28)15-11-21(27)12-16-26/h19-23,26-29H,6-18H2,1-5H3. The Labute approximate surface area is 185 Å². The number of hydrogen-bond acceptors (Lipinski definition) is 5. The highest BCUT2D eigenvalue weighted by atomic mass is 16.6. The van der Waals surface area contributed by atoms with Gasteiger partial charge >= 0.3 is 0 Å². The van der Waals surface area contributed by atoms with E-state index in [0.29, 0.717) is 37.2 Å². The number of epoxide rings is 1. The van der Waals surface area contributed by atoms with Crippen LogP contribution in [0.4, 0.5) is 0 Å². The molecule has 0 aliphatic carbocycles. The van der Waals surface area contributed by atoms with Gasteiger partial charge in [-0.05, 0) is 70.6 Å². The summed E-state index contributed by atoms with van der Waals surface area (Å²) in [5, 5.41) is 39.7. The summed E-state index contributed by atoms with van der Waals surface area (Å²) >= 11 is 0. The Hall–Kier alpha value is -0.200. The third-order valence-electron chi connectivity index (χ3n) is 6.84. The first-order valence-corrected chi connectivity index (χ1v) is 12.4. The van der Waals surface area contributed by atoms with Gasteiger partial charge in [0, 0.05) is 13.0 Å². The van der Waals surface area contributed by atoms with Gasteiger partial charge in [0.05, 0.1) is 29.5 Å². The Bertz CT molecular complexity index is 451. The van der Waals surface area contributed by atoms with Gasteiger partial charge in [-0.15, -0.1) is 0 Å². The van der Waals surface area contributed by atoms with Gasteiger partial charge in [-0.1, -0.05) is 46.5 Å². The molecule has 4 N–H and O–H groups in total. The average molecular weight is 431 g/mol. The number of hydrogen-bond donors (Lipinski definition) is 4. The highest BCUT2D eigenvalue weighted by molar-refractivity contribution is 4.90. The maximum atomic E-state index is 10.6. The van der Waals surface area contributed by atoms with Crippen LogP contribution in [0.5, 0.6) is 0 Å². The van der Waals surface area contributed by atoms with E-state index in [-0.39, 0.29) is 12.7 Å². The fourth-order valence-electron chi connectivity index (χ4n) is 4.73. The van der Waals surface area contributed by atoms with Crippen LogP contribution in [0.1, 0.15) is 112 Å². The molecule has 5 heteroatoms. The SMILES string of the molecule is CCC1OC1CC(C)(O)CCCC(C)CC(C)CCCC(C)(O)CCC(O)CCO. The molecule has 1 aliphatic heterocycles. The summed E-state index contributed by atoms with van der Waals surface area (Å²) in [7, 11) is 0. The predicted octanol–water partition coefficient (Wildman–Crippen LogP) is 4.58. The minimum atomic E-state index is -0.741. The second-order valence-corrected chi connectivity index (χ2v) is 10.8. The Morgan fingerprint density at radius 1 is 0.833 bits per heavy atom. The maximum Gasteiger partial charge on any atom is 0.0869 e. The van der Waals surface area contributed by atoms with Crippen LogP contribution in [0.25, 0.3) is 0 Å². The monoisotopic (exact) mass is 430 g/mol. The molecule has 0 spiro atoms. The lowest BCUT2D eigenvalue weighted by Crippen LogP contribution is -2.27. The van der Waals surface area contributed by atoms with Crippen molar-refractivity contribution >= 4 is 0 Å². The van der Waals surface area contributed by atoms with Gasteiger partial charge in [0.15, 0.2) is 0 Å². The molecule has 1 heterocycles. The number of ether oxygens (including phenoxy) is 1. The van der Waals surface area contributed by atoms with Gasteiger partial charge in [-0.3, -0.25) is 0 Å². The van der Waals surface area contributed by atoms with E-state index in [4.69, 9.17) is 9.84 Å². The van der Waals surface area contributed by atoms with E-state index in [1.54, 1.807) is 0 Å². The smallest absolute Gasteiger partial charge is 0.0869 e. The van der Waals surface area contributed by atoms with Crippen molar-refractivity contribution < 1.29 is 25.2 Å². The molecule has 30 heavy (non-hydrogen) atoms.